The summed E-state index contributed by atoms with van der Waals surface area (Å²) < 4.78 is 26.4. The van der Waals surface area contributed by atoms with Crippen LogP contribution in [0.25, 0.3) is 0 Å². The largest absolute Gasteiger partial charge is 0.215 e. The fourth-order valence-electron chi connectivity index (χ4n) is 4.18. The van der Waals surface area contributed by atoms with Crippen LogP contribution in [-0.2, 0) is 10.0 Å². The fourth-order valence-corrected chi connectivity index (χ4v) is 6.42. The number of sulfonamides is 1. The maximum absolute atomic E-state index is 11.8. The van der Waals surface area contributed by atoms with Crippen molar-refractivity contribution in [1.29, 1.82) is 0 Å². The third-order valence-electron chi connectivity index (χ3n) is 5.32. The molecule has 2 saturated carbocycles. The van der Waals surface area contributed by atoms with Crippen molar-refractivity contribution < 1.29 is 8.42 Å². The molecule has 2 bridgehead atoms. The normalized spacial score (nSPS) is 52.1. The summed E-state index contributed by atoms with van der Waals surface area (Å²) in [6.07, 6.45) is 3.21. The molecule has 3 rings (SSSR count). The van der Waals surface area contributed by atoms with Crippen LogP contribution in [0.2, 0.25) is 0 Å². The van der Waals surface area contributed by atoms with Crippen molar-refractivity contribution in [3.63, 3.8) is 0 Å². The molecular weight excluding hydrogens is 198 g/mol. The molecule has 1 saturated heterocycles. The van der Waals surface area contributed by atoms with Gasteiger partial charge in [0, 0.05) is 12.0 Å². The van der Waals surface area contributed by atoms with Gasteiger partial charge in [0.15, 0.2) is 0 Å². The van der Waals surface area contributed by atoms with E-state index in [0.29, 0.717) is 12.5 Å². The Kier molecular flexibility index (Phi) is 1.43. The van der Waals surface area contributed by atoms with Crippen LogP contribution in [-0.4, -0.2) is 20.2 Å². The van der Waals surface area contributed by atoms with E-state index < -0.39 is 10.0 Å². The van der Waals surface area contributed by atoms with Gasteiger partial charge in [0.1, 0.15) is 0 Å². The molecule has 3 fully saturated rings. The van der Waals surface area contributed by atoms with Crippen molar-refractivity contribution in [2.75, 3.05) is 6.54 Å². The summed E-state index contributed by atoms with van der Waals surface area (Å²) in [6, 6.07) is 0. The van der Waals surface area contributed by atoms with Crippen molar-refractivity contribution in [3.05, 3.63) is 0 Å². The van der Waals surface area contributed by atoms with E-state index in [1.165, 1.54) is 6.42 Å². The minimum atomic E-state index is -2.99. The van der Waals surface area contributed by atoms with Gasteiger partial charge in [-0.1, -0.05) is 13.8 Å². The van der Waals surface area contributed by atoms with Crippen molar-refractivity contribution in [1.82, 2.24) is 4.72 Å². The van der Waals surface area contributed by atoms with E-state index in [1.54, 1.807) is 0 Å². The molecule has 1 heterocycles. The third kappa shape index (κ3) is 0.735. The van der Waals surface area contributed by atoms with Gasteiger partial charge in [-0.15, -0.1) is 0 Å². The monoisotopic (exact) mass is 215 g/mol. The highest BCUT2D eigenvalue weighted by atomic mass is 32.2. The van der Waals surface area contributed by atoms with Crippen LogP contribution in [0.1, 0.15) is 33.1 Å². The van der Waals surface area contributed by atoms with Crippen LogP contribution in [0.5, 0.6) is 0 Å². The SMILES string of the molecule is CC1(C)[C@@H]2CC[C@]13CNS(=O)(=O)[C@@H]3C2. The minimum absolute atomic E-state index is 0.0521. The molecule has 2 aliphatic carbocycles. The zero-order valence-corrected chi connectivity index (χ0v) is 9.52. The predicted molar refractivity (Wildman–Crippen MR) is 54.3 cm³/mol. The summed E-state index contributed by atoms with van der Waals surface area (Å²) in [7, 11) is -2.99. The molecule has 0 aromatic heterocycles. The molecule has 1 aliphatic heterocycles. The summed E-state index contributed by atoms with van der Waals surface area (Å²) in [5, 5.41) is -0.0938. The third-order valence-corrected chi connectivity index (χ3v) is 7.26. The van der Waals surface area contributed by atoms with Gasteiger partial charge in [-0.25, -0.2) is 13.1 Å². The fraction of sp³-hybridized carbons (Fsp3) is 1.00. The number of rotatable bonds is 0. The average molecular weight is 215 g/mol. The number of hydrogen-bond donors (Lipinski definition) is 1. The lowest BCUT2D eigenvalue weighted by Gasteiger charge is -2.36. The van der Waals surface area contributed by atoms with Crippen LogP contribution in [0.3, 0.4) is 0 Å². The maximum Gasteiger partial charge on any atom is 0.215 e. The number of nitrogens with one attached hydrogen (secondary N) is 1. The maximum atomic E-state index is 11.8. The Morgan fingerprint density at radius 3 is 2.64 bits per heavy atom. The highest BCUT2D eigenvalue weighted by Crippen LogP contribution is 2.68. The van der Waals surface area contributed by atoms with Gasteiger partial charge >= 0.3 is 0 Å². The summed E-state index contributed by atoms with van der Waals surface area (Å²) >= 11 is 0. The van der Waals surface area contributed by atoms with Gasteiger partial charge < -0.3 is 0 Å². The van der Waals surface area contributed by atoms with Crippen LogP contribution in [0.15, 0.2) is 0 Å². The van der Waals surface area contributed by atoms with Crippen molar-refractivity contribution in [2.24, 2.45) is 16.7 Å². The highest BCUT2D eigenvalue weighted by Gasteiger charge is 2.70. The topological polar surface area (TPSA) is 46.2 Å². The highest BCUT2D eigenvalue weighted by molar-refractivity contribution is 7.90. The van der Waals surface area contributed by atoms with E-state index >= 15 is 0 Å². The predicted octanol–water partition coefficient (Wildman–Crippen LogP) is 1.11. The Morgan fingerprint density at radius 2 is 2.07 bits per heavy atom. The first-order chi connectivity index (χ1) is 6.40. The molecule has 0 aromatic rings. The van der Waals surface area contributed by atoms with E-state index in [0.717, 1.165) is 12.8 Å². The van der Waals surface area contributed by atoms with Gasteiger partial charge in [0.25, 0.3) is 0 Å². The van der Waals surface area contributed by atoms with Gasteiger partial charge in [0.05, 0.1) is 5.25 Å². The second kappa shape index (κ2) is 2.19. The molecule has 14 heavy (non-hydrogen) atoms. The first-order valence-electron chi connectivity index (χ1n) is 5.39. The Balaban J connectivity index is 2.17. The van der Waals surface area contributed by atoms with Gasteiger partial charge in [-0.2, -0.15) is 0 Å². The molecule has 4 heteroatoms. The number of hydrogen-bond acceptors (Lipinski definition) is 2. The van der Waals surface area contributed by atoms with E-state index in [1.807, 2.05) is 0 Å². The minimum Gasteiger partial charge on any atom is -0.214 e. The molecule has 3 aliphatic rings. The van der Waals surface area contributed by atoms with Gasteiger partial charge in [0.2, 0.25) is 10.0 Å². The van der Waals surface area contributed by atoms with Crippen LogP contribution in [0.4, 0.5) is 0 Å². The van der Waals surface area contributed by atoms with E-state index in [-0.39, 0.29) is 16.1 Å². The molecule has 0 unspecified atom stereocenters. The standard InChI is InChI=1S/C10H17NO2S/c1-9(2)7-3-4-10(9)6-11-14(12,13)8(10)5-7/h7-8,11H,3-6H2,1-2H3/t7-,8-,10-/m1/s1. The van der Waals surface area contributed by atoms with Crippen molar-refractivity contribution in [2.45, 2.75) is 38.4 Å². The Morgan fingerprint density at radius 1 is 1.36 bits per heavy atom. The second-order valence-electron chi connectivity index (χ2n) is 5.70. The van der Waals surface area contributed by atoms with Crippen LogP contribution < -0.4 is 4.72 Å². The lowest BCUT2D eigenvalue weighted by atomic mass is 9.69. The van der Waals surface area contributed by atoms with Crippen LogP contribution in [0, 0.1) is 16.7 Å². The molecule has 0 amide bonds. The summed E-state index contributed by atoms with van der Waals surface area (Å²) in [6.45, 7) is 5.20. The molecular formula is C10H17NO2S. The van der Waals surface area contributed by atoms with Crippen molar-refractivity contribution >= 4 is 10.0 Å². The zero-order valence-electron chi connectivity index (χ0n) is 8.71. The lowest BCUT2D eigenvalue weighted by Crippen LogP contribution is -2.38. The summed E-state index contributed by atoms with van der Waals surface area (Å²) in [5.41, 5.74) is 0.269. The van der Waals surface area contributed by atoms with Gasteiger partial charge in [-0.3, -0.25) is 0 Å². The first kappa shape index (κ1) is 9.16. The zero-order chi connectivity index (χ0) is 10.2. The Hall–Kier alpha value is -0.0900. The molecule has 1 spiro atoms. The second-order valence-corrected chi connectivity index (χ2v) is 7.65. The Bertz CT molecular complexity index is 387. The number of fused-ring (bicyclic) bond motifs is 1. The molecule has 0 radical (unpaired) electrons. The van der Waals surface area contributed by atoms with Gasteiger partial charge in [-0.05, 0) is 30.6 Å². The molecule has 3 atom stereocenters. The smallest absolute Gasteiger partial charge is 0.214 e. The van der Waals surface area contributed by atoms with E-state index in [9.17, 15) is 8.42 Å². The molecule has 80 valence electrons. The molecule has 3 nitrogen and oxygen atoms in total. The molecule has 1 N–H and O–H groups in total. The first-order valence-corrected chi connectivity index (χ1v) is 6.93. The lowest BCUT2D eigenvalue weighted by molar-refractivity contribution is 0.146. The molecule has 0 aromatic carbocycles. The summed E-state index contributed by atoms with van der Waals surface area (Å²) in [4.78, 5) is 0. The Labute approximate surface area is 85.3 Å². The van der Waals surface area contributed by atoms with Crippen LogP contribution >= 0.6 is 0 Å². The quantitative estimate of drug-likeness (QED) is 0.658. The average Bonchev–Trinajstić information content (AvgIpc) is 2.60. The van der Waals surface area contributed by atoms with E-state index in [4.69, 9.17) is 0 Å². The van der Waals surface area contributed by atoms with E-state index in [2.05, 4.69) is 18.6 Å². The van der Waals surface area contributed by atoms with Crippen molar-refractivity contribution in [3.8, 4) is 0 Å². The summed E-state index contributed by atoms with van der Waals surface area (Å²) in [5.74, 6) is 0.629.